The van der Waals surface area contributed by atoms with Gasteiger partial charge in [-0.2, -0.15) is 5.26 Å². The summed E-state index contributed by atoms with van der Waals surface area (Å²) >= 11 is 0. The van der Waals surface area contributed by atoms with Crippen molar-refractivity contribution in [3.63, 3.8) is 0 Å². The molecule has 0 bridgehead atoms. The molecule has 9 heteroatoms. The number of benzene rings is 2. The lowest BCUT2D eigenvalue weighted by Gasteiger charge is -2.23. The van der Waals surface area contributed by atoms with Crippen molar-refractivity contribution in [2.24, 2.45) is 0 Å². The van der Waals surface area contributed by atoms with Gasteiger partial charge in [-0.3, -0.25) is 0 Å². The minimum Gasteiger partial charge on any atom is -0.496 e. The van der Waals surface area contributed by atoms with Crippen LogP contribution in [0.4, 0.5) is 11.6 Å². The number of anilines is 2. The van der Waals surface area contributed by atoms with Gasteiger partial charge in [0.1, 0.15) is 29.2 Å². The van der Waals surface area contributed by atoms with Gasteiger partial charge < -0.3 is 24.3 Å². The molecule has 9 nitrogen and oxygen atoms in total. The van der Waals surface area contributed by atoms with Crippen molar-refractivity contribution >= 4 is 17.6 Å². The third-order valence-electron chi connectivity index (χ3n) is 5.38. The smallest absolute Gasteiger partial charge is 0.341 e. The maximum Gasteiger partial charge on any atom is 0.341 e. The lowest BCUT2D eigenvalue weighted by molar-refractivity contribution is 0.0254. The largest absolute Gasteiger partial charge is 0.496 e. The number of hydrogen-bond acceptors (Lipinski definition) is 9. The van der Waals surface area contributed by atoms with Crippen LogP contribution in [-0.4, -0.2) is 49.5 Å². The van der Waals surface area contributed by atoms with Crippen molar-refractivity contribution in [3.05, 3.63) is 59.8 Å². The first-order chi connectivity index (χ1) is 17.6. The highest BCUT2D eigenvalue weighted by Crippen LogP contribution is 2.29. The average molecular weight is 491 g/mol. The van der Waals surface area contributed by atoms with Crippen LogP contribution in [0.2, 0.25) is 0 Å². The van der Waals surface area contributed by atoms with Crippen molar-refractivity contribution in [1.82, 2.24) is 9.97 Å². The van der Waals surface area contributed by atoms with Crippen LogP contribution < -0.4 is 14.8 Å². The molecule has 188 valence electrons. The fourth-order valence-electron chi connectivity index (χ4n) is 3.61. The van der Waals surface area contributed by atoms with E-state index in [1.165, 1.54) is 14.2 Å². The number of rotatable bonds is 7. The molecule has 1 fully saturated rings. The molecule has 0 atom stereocenters. The average Bonchev–Trinajstić information content (AvgIpc) is 2.94. The van der Waals surface area contributed by atoms with Crippen molar-refractivity contribution in [3.8, 4) is 28.8 Å². The quantitative estimate of drug-likeness (QED) is 0.449. The third-order valence-corrected chi connectivity index (χ3v) is 5.38. The SMILES string of the molecule is CC.COC(=O)c1ccc(Nc2nccc(-c3ccc(OC4CCOCC4)c(C#N)c3)n2)cc1OC. The van der Waals surface area contributed by atoms with Gasteiger partial charge in [-0.1, -0.05) is 13.8 Å². The molecule has 1 aliphatic rings. The first-order valence-electron chi connectivity index (χ1n) is 11.8. The Morgan fingerprint density at radius 2 is 1.86 bits per heavy atom. The molecule has 1 saturated heterocycles. The topological polar surface area (TPSA) is 116 Å². The fourth-order valence-corrected chi connectivity index (χ4v) is 3.61. The molecule has 2 aromatic carbocycles. The Morgan fingerprint density at radius 1 is 1.08 bits per heavy atom. The zero-order chi connectivity index (χ0) is 25.9. The van der Waals surface area contributed by atoms with Crippen molar-refractivity contribution < 1.29 is 23.7 Å². The molecule has 2 heterocycles. The standard InChI is InChI=1S/C25H24N4O5.C2H6/c1-31-23-14-18(4-5-20(23)24(30)32-2)28-25-27-10-7-21(29-25)16-3-6-22(17(13-16)15-26)34-19-8-11-33-12-9-19;1-2/h3-7,10,13-14,19H,8-9,11-12H2,1-2H3,(H,27,28,29);1-2H3. The summed E-state index contributed by atoms with van der Waals surface area (Å²) < 4.78 is 21.5. The number of carbonyl (C=O) groups is 1. The van der Waals surface area contributed by atoms with Crippen LogP contribution in [0, 0.1) is 11.3 Å². The summed E-state index contributed by atoms with van der Waals surface area (Å²) in [6.45, 7) is 5.33. The molecule has 0 unspecified atom stereocenters. The molecular formula is C27H30N4O5. The lowest BCUT2D eigenvalue weighted by Crippen LogP contribution is -2.26. The molecule has 4 rings (SSSR count). The summed E-state index contributed by atoms with van der Waals surface area (Å²) in [6.07, 6.45) is 3.28. The van der Waals surface area contributed by atoms with Gasteiger partial charge in [0, 0.05) is 36.4 Å². The van der Waals surface area contributed by atoms with E-state index in [1.807, 2.05) is 19.9 Å². The van der Waals surface area contributed by atoms with Gasteiger partial charge in [0.25, 0.3) is 0 Å². The van der Waals surface area contributed by atoms with Gasteiger partial charge >= 0.3 is 5.97 Å². The normalized spacial score (nSPS) is 13.0. The first kappa shape index (κ1) is 26.4. The molecule has 0 amide bonds. The van der Waals surface area contributed by atoms with E-state index in [2.05, 4.69) is 21.4 Å². The number of nitriles is 1. The maximum absolute atomic E-state index is 11.9. The van der Waals surface area contributed by atoms with Gasteiger partial charge in [-0.05, 0) is 36.4 Å². The molecule has 0 aliphatic carbocycles. The van der Waals surface area contributed by atoms with Crippen LogP contribution in [-0.2, 0) is 9.47 Å². The van der Waals surface area contributed by atoms with Gasteiger partial charge in [0.2, 0.25) is 5.95 Å². The maximum atomic E-state index is 11.9. The van der Waals surface area contributed by atoms with Crippen molar-refractivity contribution in [2.45, 2.75) is 32.8 Å². The minimum atomic E-state index is -0.487. The second-order valence-corrected chi connectivity index (χ2v) is 7.55. The van der Waals surface area contributed by atoms with E-state index in [1.54, 1.807) is 42.6 Å². The van der Waals surface area contributed by atoms with Crippen LogP contribution in [0.3, 0.4) is 0 Å². The van der Waals surface area contributed by atoms with Crippen LogP contribution in [0.15, 0.2) is 48.7 Å². The van der Waals surface area contributed by atoms with E-state index in [9.17, 15) is 10.1 Å². The summed E-state index contributed by atoms with van der Waals surface area (Å²) in [5, 5.41) is 12.8. The Labute approximate surface area is 211 Å². The molecule has 0 spiro atoms. The van der Waals surface area contributed by atoms with E-state index in [0.29, 0.717) is 53.2 Å². The lowest BCUT2D eigenvalue weighted by atomic mass is 10.1. The monoisotopic (exact) mass is 490 g/mol. The Morgan fingerprint density at radius 3 is 2.56 bits per heavy atom. The number of esters is 1. The van der Waals surface area contributed by atoms with Crippen molar-refractivity contribution in [1.29, 1.82) is 5.26 Å². The van der Waals surface area contributed by atoms with Crippen LogP contribution in [0.5, 0.6) is 11.5 Å². The molecule has 0 saturated carbocycles. The highest BCUT2D eigenvalue weighted by atomic mass is 16.5. The molecule has 36 heavy (non-hydrogen) atoms. The number of nitrogens with one attached hydrogen (secondary N) is 1. The van der Waals surface area contributed by atoms with Gasteiger partial charge in [-0.15, -0.1) is 0 Å². The number of nitrogens with zero attached hydrogens (tertiary/aromatic N) is 3. The van der Waals surface area contributed by atoms with Crippen LogP contribution in [0.1, 0.15) is 42.6 Å². The predicted octanol–water partition coefficient (Wildman–Crippen LogP) is 5.14. The Balaban J connectivity index is 0.00000176. The summed E-state index contributed by atoms with van der Waals surface area (Å²) in [5.74, 6) is 0.792. The number of hydrogen-bond donors (Lipinski definition) is 1. The number of ether oxygens (including phenoxy) is 4. The molecule has 0 radical (unpaired) electrons. The first-order valence-corrected chi connectivity index (χ1v) is 11.8. The summed E-state index contributed by atoms with van der Waals surface area (Å²) in [6, 6.07) is 14.4. The molecule has 1 aliphatic heterocycles. The summed E-state index contributed by atoms with van der Waals surface area (Å²) in [4.78, 5) is 20.7. The van der Waals surface area contributed by atoms with Gasteiger partial charge in [0.15, 0.2) is 0 Å². The highest BCUT2D eigenvalue weighted by molar-refractivity contribution is 5.93. The molecule has 3 aromatic rings. The molecule has 1 N–H and O–H groups in total. The van der Waals surface area contributed by atoms with E-state index in [0.717, 1.165) is 18.4 Å². The Hall–Kier alpha value is -4.16. The van der Waals surface area contributed by atoms with Gasteiger partial charge in [0.05, 0.1) is 38.7 Å². The second-order valence-electron chi connectivity index (χ2n) is 7.55. The van der Waals surface area contributed by atoms with E-state index in [4.69, 9.17) is 18.9 Å². The number of aromatic nitrogens is 2. The second kappa shape index (κ2) is 13.1. The molecule has 1 aromatic heterocycles. The summed E-state index contributed by atoms with van der Waals surface area (Å²) in [5.41, 5.74) is 2.81. The zero-order valence-electron chi connectivity index (χ0n) is 20.9. The Bertz CT molecular complexity index is 1220. The minimum absolute atomic E-state index is 0.0455. The highest BCUT2D eigenvalue weighted by Gasteiger charge is 2.18. The zero-order valence-corrected chi connectivity index (χ0v) is 20.9. The van der Waals surface area contributed by atoms with E-state index >= 15 is 0 Å². The number of carbonyl (C=O) groups excluding carboxylic acids is 1. The third kappa shape index (κ3) is 6.49. The summed E-state index contributed by atoms with van der Waals surface area (Å²) in [7, 11) is 2.79. The van der Waals surface area contributed by atoms with E-state index in [-0.39, 0.29) is 6.10 Å². The van der Waals surface area contributed by atoms with Crippen LogP contribution in [0.25, 0.3) is 11.3 Å². The van der Waals surface area contributed by atoms with E-state index < -0.39 is 5.97 Å². The number of methoxy groups -OCH3 is 2. The Kier molecular flexibility index (Phi) is 9.60. The fraction of sp³-hybridized carbons (Fsp3) is 0.333. The molecular weight excluding hydrogens is 460 g/mol. The predicted molar refractivity (Wildman–Crippen MR) is 136 cm³/mol. The van der Waals surface area contributed by atoms with Gasteiger partial charge in [-0.25, -0.2) is 14.8 Å². The van der Waals surface area contributed by atoms with Crippen LogP contribution >= 0.6 is 0 Å². The van der Waals surface area contributed by atoms with Crippen molar-refractivity contribution in [2.75, 3.05) is 32.8 Å².